The van der Waals surface area contributed by atoms with Gasteiger partial charge in [0.2, 0.25) is 0 Å². The zero-order valence-electron chi connectivity index (χ0n) is 7.30. The van der Waals surface area contributed by atoms with Gasteiger partial charge in [-0.3, -0.25) is 0 Å². The first-order chi connectivity index (χ1) is 5.38. The molecule has 0 aromatic carbocycles. The first-order valence-electron chi connectivity index (χ1n) is 4.31. The molecule has 1 aliphatic heterocycles. The normalized spacial score (nSPS) is 31.1. The molecule has 0 aliphatic carbocycles. The van der Waals surface area contributed by atoms with Gasteiger partial charge in [0.25, 0.3) is 0 Å². The minimum atomic E-state index is 0.264. The summed E-state index contributed by atoms with van der Waals surface area (Å²) in [5, 5.41) is 3.33. The Bertz CT molecular complexity index is 96.3. The van der Waals surface area contributed by atoms with Crippen molar-refractivity contribution in [1.29, 1.82) is 0 Å². The van der Waals surface area contributed by atoms with Gasteiger partial charge in [-0.2, -0.15) is 0 Å². The first-order valence-corrected chi connectivity index (χ1v) is 4.31. The summed E-state index contributed by atoms with van der Waals surface area (Å²) in [5.74, 6) is 0. The van der Waals surface area contributed by atoms with Gasteiger partial charge in [0.05, 0.1) is 25.4 Å². The largest absolute Gasteiger partial charge is 0.377 e. The molecule has 3 nitrogen and oxygen atoms in total. The van der Waals surface area contributed by atoms with E-state index in [9.17, 15) is 0 Å². The maximum atomic E-state index is 5.48. The Kier molecular flexibility index (Phi) is 3.83. The third-order valence-corrected chi connectivity index (χ3v) is 1.88. The molecule has 0 bridgehead atoms. The topological polar surface area (TPSA) is 30.5 Å². The fourth-order valence-electron chi connectivity index (χ4n) is 1.37. The highest BCUT2D eigenvalue weighted by Crippen LogP contribution is 2.08. The minimum Gasteiger partial charge on any atom is -0.377 e. The lowest BCUT2D eigenvalue weighted by molar-refractivity contribution is 0.0416. The number of hydrogen-bond donors (Lipinski definition) is 1. The third-order valence-electron chi connectivity index (χ3n) is 1.88. The number of likely N-dealkylation sites (N-methyl/N-ethyl adjacent to an activating group) is 1. The van der Waals surface area contributed by atoms with Gasteiger partial charge in [-0.15, -0.1) is 0 Å². The second kappa shape index (κ2) is 4.70. The summed E-state index contributed by atoms with van der Waals surface area (Å²) in [6.07, 6.45) is 0.264. The summed E-state index contributed by atoms with van der Waals surface area (Å²) in [5.41, 5.74) is 0. The Morgan fingerprint density at radius 3 is 2.91 bits per heavy atom. The molecule has 1 rings (SSSR count). The molecule has 1 aliphatic rings. The van der Waals surface area contributed by atoms with Crippen LogP contribution < -0.4 is 5.32 Å². The highest BCUT2D eigenvalue weighted by molar-refractivity contribution is 4.81. The van der Waals surface area contributed by atoms with Crippen LogP contribution >= 0.6 is 0 Å². The van der Waals surface area contributed by atoms with Crippen molar-refractivity contribution in [2.24, 2.45) is 0 Å². The van der Waals surface area contributed by atoms with Crippen LogP contribution in [0.1, 0.15) is 13.8 Å². The molecule has 11 heavy (non-hydrogen) atoms. The van der Waals surface area contributed by atoms with Gasteiger partial charge in [0, 0.05) is 6.61 Å². The van der Waals surface area contributed by atoms with Crippen LogP contribution in [0.5, 0.6) is 0 Å². The standard InChI is InChI=1S/C8H17NO2/c1-3-9-7-5-10-6-8(7)11-4-2/h7-9H,3-6H2,1-2H3/t7-,8+/m0/s1. The summed E-state index contributed by atoms with van der Waals surface area (Å²) in [6.45, 7) is 7.40. The third kappa shape index (κ3) is 2.43. The average Bonchev–Trinajstić information content (AvgIpc) is 2.39. The van der Waals surface area contributed by atoms with Gasteiger partial charge < -0.3 is 14.8 Å². The van der Waals surface area contributed by atoms with Gasteiger partial charge in [0.1, 0.15) is 0 Å². The van der Waals surface area contributed by atoms with E-state index in [1.807, 2.05) is 6.92 Å². The molecular formula is C8H17NO2. The molecule has 0 spiro atoms. The Morgan fingerprint density at radius 2 is 2.27 bits per heavy atom. The summed E-state index contributed by atoms with van der Waals surface area (Å²) >= 11 is 0. The smallest absolute Gasteiger partial charge is 0.0983 e. The van der Waals surface area contributed by atoms with Crippen molar-refractivity contribution in [2.75, 3.05) is 26.4 Å². The van der Waals surface area contributed by atoms with Crippen molar-refractivity contribution in [2.45, 2.75) is 26.0 Å². The molecule has 1 heterocycles. The van der Waals surface area contributed by atoms with Crippen LogP contribution in [0.2, 0.25) is 0 Å². The summed E-state index contributed by atoms with van der Waals surface area (Å²) in [4.78, 5) is 0. The Labute approximate surface area is 68.1 Å². The van der Waals surface area contributed by atoms with E-state index in [2.05, 4.69) is 12.2 Å². The Morgan fingerprint density at radius 1 is 1.45 bits per heavy atom. The van der Waals surface area contributed by atoms with Gasteiger partial charge >= 0.3 is 0 Å². The van der Waals surface area contributed by atoms with E-state index in [4.69, 9.17) is 9.47 Å². The monoisotopic (exact) mass is 159 g/mol. The zero-order valence-corrected chi connectivity index (χ0v) is 7.30. The van der Waals surface area contributed by atoms with Crippen molar-refractivity contribution in [1.82, 2.24) is 5.32 Å². The predicted octanol–water partition coefficient (Wildman–Crippen LogP) is 0.400. The van der Waals surface area contributed by atoms with Crippen molar-refractivity contribution in [3.05, 3.63) is 0 Å². The molecule has 3 heteroatoms. The molecule has 66 valence electrons. The first kappa shape index (κ1) is 8.97. The Hall–Kier alpha value is -0.120. The number of rotatable bonds is 4. The SMILES string of the molecule is CCN[C@H]1COC[C@H]1OCC. The van der Waals surface area contributed by atoms with Crippen LogP contribution in [0.4, 0.5) is 0 Å². The van der Waals surface area contributed by atoms with E-state index in [-0.39, 0.29) is 6.10 Å². The van der Waals surface area contributed by atoms with Crippen LogP contribution in [0.3, 0.4) is 0 Å². The molecule has 0 saturated carbocycles. The van der Waals surface area contributed by atoms with E-state index in [1.54, 1.807) is 0 Å². The van der Waals surface area contributed by atoms with E-state index in [1.165, 1.54) is 0 Å². The fourth-order valence-corrected chi connectivity index (χ4v) is 1.37. The fraction of sp³-hybridized carbons (Fsp3) is 1.00. The minimum absolute atomic E-state index is 0.264. The molecule has 0 unspecified atom stereocenters. The molecule has 1 fully saturated rings. The number of nitrogens with one attached hydrogen (secondary N) is 1. The van der Waals surface area contributed by atoms with Crippen LogP contribution in [0.25, 0.3) is 0 Å². The molecule has 2 atom stereocenters. The molecule has 0 aromatic heterocycles. The summed E-state index contributed by atoms with van der Waals surface area (Å²) in [6, 6.07) is 0.403. The average molecular weight is 159 g/mol. The van der Waals surface area contributed by atoms with Crippen LogP contribution in [-0.2, 0) is 9.47 Å². The van der Waals surface area contributed by atoms with Crippen LogP contribution in [-0.4, -0.2) is 38.5 Å². The molecule has 0 amide bonds. The van der Waals surface area contributed by atoms with E-state index in [0.29, 0.717) is 6.04 Å². The highest BCUT2D eigenvalue weighted by atomic mass is 16.5. The van der Waals surface area contributed by atoms with Crippen molar-refractivity contribution < 1.29 is 9.47 Å². The van der Waals surface area contributed by atoms with Crippen LogP contribution in [0.15, 0.2) is 0 Å². The van der Waals surface area contributed by atoms with E-state index >= 15 is 0 Å². The number of hydrogen-bond acceptors (Lipinski definition) is 3. The van der Waals surface area contributed by atoms with E-state index < -0.39 is 0 Å². The lowest BCUT2D eigenvalue weighted by Gasteiger charge is -2.17. The lowest BCUT2D eigenvalue weighted by Crippen LogP contribution is -2.40. The van der Waals surface area contributed by atoms with Gasteiger partial charge in [-0.05, 0) is 13.5 Å². The van der Waals surface area contributed by atoms with Gasteiger partial charge in [-0.25, -0.2) is 0 Å². The lowest BCUT2D eigenvalue weighted by atomic mass is 10.2. The molecule has 1 saturated heterocycles. The molecule has 1 N–H and O–H groups in total. The zero-order chi connectivity index (χ0) is 8.10. The predicted molar refractivity (Wildman–Crippen MR) is 43.7 cm³/mol. The van der Waals surface area contributed by atoms with Crippen molar-refractivity contribution in [3.8, 4) is 0 Å². The summed E-state index contributed by atoms with van der Waals surface area (Å²) < 4.78 is 10.8. The number of ether oxygens (including phenoxy) is 2. The molecule has 0 radical (unpaired) electrons. The second-order valence-corrected chi connectivity index (χ2v) is 2.70. The van der Waals surface area contributed by atoms with E-state index in [0.717, 1.165) is 26.4 Å². The van der Waals surface area contributed by atoms with Crippen LogP contribution in [0, 0.1) is 0 Å². The summed E-state index contributed by atoms with van der Waals surface area (Å²) in [7, 11) is 0. The molecular weight excluding hydrogens is 142 g/mol. The maximum Gasteiger partial charge on any atom is 0.0983 e. The van der Waals surface area contributed by atoms with Gasteiger partial charge in [-0.1, -0.05) is 6.92 Å². The quantitative estimate of drug-likeness (QED) is 0.644. The van der Waals surface area contributed by atoms with Gasteiger partial charge in [0.15, 0.2) is 0 Å². The maximum absolute atomic E-state index is 5.48. The second-order valence-electron chi connectivity index (χ2n) is 2.70. The molecule has 0 aromatic rings. The van der Waals surface area contributed by atoms with Crippen molar-refractivity contribution >= 4 is 0 Å². The Balaban J connectivity index is 2.25. The van der Waals surface area contributed by atoms with Crippen molar-refractivity contribution in [3.63, 3.8) is 0 Å². The highest BCUT2D eigenvalue weighted by Gasteiger charge is 2.27.